The van der Waals surface area contributed by atoms with Crippen molar-refractivity contribution in [1.29, 1.82) is 0 Å². The summed E-state index contributed by atoms with van der Waals surface area (Å²) < 4.78 is 0. The Morgan fingerprint density at radius 3 is 2.04 bits per heavy atom. The maximum absolute atomic E-state index is 9.73. The molecule has 0 bridgehead atoms. The quantitative estimate of drug-likeness (QED) is 0.349. The summed E-state index contributed by atoms with van der Waals surface area (Å²) in [6.07, 6.45) is 0. The fourth-order valence-electron chi connectivity index (χ4n) is 3.63. The molecule has 0 aromatic heterocycles. The van der Waals surface area contributed by atoms with E-state index >= 15 is 0 Å². The van der Waals surface area contributed by atoms with Gasteiger partial charge in [-0.3, -0.25) is 0 Å². The lowest BCUT2D eigenvalue weighted by atomic mass is 9.95. The molecular formula is C24H16O. The van der Waals surface area contributed by atoms with Crippen LogP contribution < -0.4 is 0 Å². The van der Waals surface area contributed by atoms with Crippen molar-refractivity contribution in [2.75, 3.05) is 0 Å². The summed E-state index contributed by atoms with van der Waals surface area (Å²) >= 11 is 0. The molecule has 0 aliphatic rings. The molecule has 1 heteroatoms. The van der Waals surface area contributed by atoms with E-state index < -0.39 is 0 Å². The van der Waals surface area contributed by atoms with Gasteiger partial charge >= 0.3 is 0 Å². The van der Waals surface area contributed by atoms with Crippen LogP contribution in [0.1, 0.15) is 0 Å². The van der Waals surface area contributed by atoms with Crippen molar-refractivity contribution >= 4 is 32.3 Å². The van der Waals surface area contributed by atoms with Gasteiger partial charge in [0.15, 0.2) is 0 Å². The summed E-state index contributed by atoms with van der Waals surface area (Å²) in [6.45, 7) is 0. The maximum Gasteiger partial charge on any atom is 0.116 e. The highest BCUT2D eigenvalue weighted by molar-refractivity contribution is 6.02. The second kappa shape index (κ2) is 5.35. The van der Waals surface area contributed by atoms with Crippen LogP contribution in [-0.4, -0.2) is 5.11 Å². The van der Waals surface area contributed by atoms with Crippen molar-refractivity contribution in [1.82, 2.24) is 0 Å². The van der Waals surface area contributed by atoms with Crippen LogP contribution in [0.15, 0.2) is 91.0 Å². The Morgan fingerprint density at radius 2 is 1.20 bits per heavy atom. The van der Waals surface area contributed by atoms with Gasteiger partial charge in [0.05, 0.1) is 0 Å². The first-order valence-electron chi connectivity index (χ1n) is 8.43. The van der Waals surface area contributed by atoms with E-state index in [1.54, 1.807) is 6.07 Å². The van der Waals surface area contributed by atoms with E-state index in [4.69, 9.17) is 0 Å². The van der Waals surface area contributed by atoms with Crippen LogP contribution in [0.25, 0.3) is 43.4 Å². The molecule has 0 heterocycles. The van der Waals surface area contributed by atoms with Crippen molar-refractivity contribution in [3.05, 3.63) is 91.0 Å². The minimum absolute atomic E-state index is 0.301. The SMILES string of the molecule is Oc1ccc2c(-c3ccc4cc5ccccc5cc4c3)cccc2c1. The molecule has 118 valence electrons. The largest absolute Gasteiger partial charge is 0.508 e. The summed E-state index contributed by atoms with van der Waals surface area (Å²) in [5.41, 5.74) is 2.38. The predicted octanol–water partition coefficient (Wildman–Crippen LogP) is 6.52. The number of rotatable bonds is 1. The zero-order chi connectivity index (χ0) is 16.8. The first-order chi connectivity index (χ1) is 12.3. The van der Waals surface area contributed by atoms with Crippen LogP contribution >= 0.6 is 0 Å². The minimum atomic E-state index is 0.301. The number of aromatic hydroxyl groups is 1. The van der Waals surface area contributed by atoms with Crippen molar-refractivity contribution in [3.8, 4) is 16.9 Å². The standard InChI is InChI=1S/C24H16O/c25-22-10-11-24-19(15-22)6-3-7-23(24)20-9-8-18-12-16-4-1-2-5-17(16)13-21(18)14-20/h1-15,25H. The van der Waals surface area contributed by atoms with Crippen LogP contribution in [0.2, 0.25) is 0 Å². The highest BCUT2D eigenvalue weighted by Gasteiger charge is 2.06. The highest BCUT2D eigenvalue weighted by Crippen LogP contribution is 2.33. The van der Waals surface area contributed by atoms with E-state index in [1.807, 2.05) is 24.3 Å². The summed E-state index contributed by atoms with van der Waals surface area (Å²) in [6, 6.07) is 31.4. The second-order valence-electron chi connectivity index (χ2n) is 6.47. The van der Waals surface area contributed by atoms with Crippen LogP contribution in [0, 0.1) is 0 Å². The molecule has 1 N–H and O–H groups in total. The molecule has 1 nitrogen and oxygen atoms in total. The molecule has 0 aliphatic carbocycles. The molecule has 0 saturated carbocycles. The van der Waals surface area contributed by atoms with Crippen molar-refractivity contribution in [2.45, 2.75) is 0 Å². The molecular weight excluding hydrogens is 304 g/mol. The fourth-order valence-corrected chi connectivity index (χ4v) is 3.63. The molecule has 0 atom stereocenters. The van der Waals surface area contributed by atoms with E-state index in [0.29, 0.717) is 5.75 Å². The van der Waals surface area contributed by atoms with E-state index in [2.05, 4.69) is 60.7 Å². The van der Waals surface area contributed by atoms with E-state index in [0.717, 1.165) is 10.8 Å². The molecule has 0 unspecified atom stereocenters. The maximum atomic E-state index is 9.73. The molecule has 0 saturated heterocycles. The molecule has 25 heavy (non-hydrogen) atoms. The Balaban J connectivity index is 1.77. The van der Waals surface area contributed by atoms with E-state index in [1.165, 1.54) is 32.7 Å². The van der Waals surface area contributed by atoms with Gasteiger partial charge in [-0.25, -0.2) is 0 Å². The van der Waals surface area contributed by atoms with Gasteiger partial charge in [0, 0.05) is 0 Å². The number of fused-ring (bicyclic) bond motifs is 3. The normalized spacial score (nSPS) is 11.4. The van der Waals surface area contributed by atoms with Crippen molar-refractivity contribution < 1.29 is 5.11 Å². The molecule has 0 amide bonds. The lowest BCUT2D eigenvalue weighted by Gasteiger charge is -2.09. The molecule has 0 spiro atoms. The van der Waals surface area contributed by atoms with E-state index in [9.17, 15) is 5.11 Å². The number of benzene rings is 5. The van der Waals surface area contributed by atoms with Gasteiger partial charge in [-0.1, -0.05) is 60.7 Å². The average Bonchev–Trinajstić information content (AvgIpc) is 2.65. The second-order valence-corrected chi connectivity index (χ2v) is 6.47. The van der Waals surface area contributed by atoms with Gasteiger partial charge in [-0.15, -0.1) is 0 Å². The van der Waals surface area contributed by atoms with Gasteiger partial charge in [-0.2, -0.15) is 0 Å². The minimum Gasteiger partial charge on any atom is -0.508 e. The number of phenols is 1. The lowest BCUT2D eigenvalue weighted by molar-refractivity contribution is 0.476. The van der Waals surface area contributed by atoms with Gasteiger partial charge < -0.3 is 5.11 Å². The monoisotopic (exact) mass is 320 g/mol. The third-order valence-electron chi connectivity index (χ3n) is 4.88. The number of phenolic OH excluding ortho intramolecular Hbond substituents is 1. The first kappa shape index (κ1) is 14.1. The fraction of sp³-hybridized carbons (Fsp3) is 0. The highest BCUT2D eigenvalue weighted by atomic mass is 16.3. The summed E-state index contributed by atoms with van der Waals surface area (Å²) in [5, 5.41) is 17.0. The molecule has 0 fully saturated rings. The Labute approximate surface area is 145 Å². The molecule has 0 radical (unpaired) electrons. The predicted molar refractivity (Wildman–Crippen MR) is 106 cm³/mol. The zero-order valence-electron chi connectivity index (χ0n) is 13.6. The van der Waals surface area contributed by atoms with Crippen molar-refractivity contribution in [3.63, 3.8) is 0 Å². The third kappa shape index (κ3) is 2.33. The molecule has 5 rings (SSSR count). The van der Waals surface area contributed by atoms with E-state index in [-0.39, 0.29) is 0 Å². The molecule has 5 aromatic carbocycles. The lowest BCUT2D eigenvalue weighted by Crippen LogP contribution is -1.83. The van der Waals surface area contributed by atoms with Gasteiger partial charge in [-0.05, 0) is 73.8 Å². The van der Waals surface area contributed by atoms with Gasteiger partial charge in [0.1, 0.15) is 5.75 Å². The zero-order valence-corrected chi connectivity index (χ0v) is 13.6. The Kier molecular flexibility index (Phi) is 3.01. The van der Waals surface area contributed by atoms with Crippen LogP contribution in [0.5, 0.6) is 5.75 Å². The molecule has 5 aromatic rings. The Hall–Kier alpha value is -3.32. The first-order valence-corrected chi connectivity index (χ1v) is 8.43. The van der Waals surface area contributed by atoms with Gasteiger partial charge in [0.2, 0.25) is 0 Å². The number of hydrogen-bond donors (Lipinski definition) is 1. The Morgan fingerprint density at radius 1 is 0.480 bits per heavy atom. The summed E-state index contributed by atoms with van der Waals surface area (Å²) in [4.78, 5) is 0. The topological polar surface area (TPSA) is 20.2 Å². The molecule has 0 aliphatic heterocycles. The smallest absolute Gasteiger partial charge is 0.116 e. The summed E-state index contributed by atoms with van der Waals surface area (Å²) in [5.74, 6) is 0.301. The Bertz CT molecular complexity index is 1250. The third-order valence-corrected chi connectivity index (χ3v) is 4.88. The number of hydrogen-bond acceptors (Lipinski definition) is 1. The summed E-state index contributed by atoms with van der Waals surface area (Å²) in [7, 11) is 0. The average molecular weight is 320 g/mol. The van der Waals surface area contributed by atoms with Crippen LogP contribution in [-0.2, 0) is 0 Å². The van der Waals surface area contributed by atoms with Crippen LogP contribution in [0.3, 0.4) is 0 Å². The van der Waals surface area contributed by atoms with Crippen molar-refractivity contribution in [2.24, 2.45) is 0 Å². The van der Waals surface area contributed by atoms with Crippen LogP contribution in [0.4, 0.5) is 0 Å². The van der Waals surface area contributed by atoms with Gasteiger partial charge in [0.25, 0.3) is 0 Å².